The molecular weight excluding hydrogens is 270 g/mol. The summed E-state index contributed by atoms with van der Waals surface area (Å²) < 4.78 is 0. The number of imidazole rings is 1. The number of amides is 1. The van der Waals surface area contributed by atoms with E-state index in [1.807, 2.05) is 25.1 Å². The lowest BCUT2D eigenvalue weighted by Crippen LogP contribution is -2.29. The van der Waals surface area contributed by atoms with Gasteiger partial charge in [-0.15, -0.1) is 0 Å². The molecule has 106 valence electrons. The molecule has 1 aromatic carbocycles. The highest BCUT2D eigenvalue weighted by atomic mass is 32.2. The van der Waals surface area contributed by atoms with Crippen molar-refractivity contribution in [1.82, 2.24) is 15.3 Å². The Morgan fingerprint density at radius 2 is 2.20 bits per heavy atom. The topological polar surface area (TPSA) is 57.8 Å². The van der Waals surface area contributed by atoms with Gasteiger partial charge in [0.25, 0.3) is 0 Å². The maximum absolute atomic E-state index is 11.8. The van der Waals surface area contributed by atoms with E-state index >= 15 is 0 Å². The van der Waals surface area contributed by atoms with Gasteiger partial charge in [-0.25, -0.2) is 4.98 Å². The molecule has 4 nitrogen and oxygen atoms in total. The first-order valence-corrected chi connectivity index (χ1v) is 7.81. The molecule has 5 heteroatoms. The zero-order chi connectivity index (χ0) is 14.2. The van der Waals surface area contributed by atoms with Crippen LogP contribution in [0, 0.1) is 0 Å². The molecule has 1 heterocycles. The third-order valence-corrected chi connectivity index (χ3v) is 3.88. The molecule has 20 heavy (non-hydrogen) atoms. The number of hydrogen-bond donors (Lipinski definition) is 2. The number of hydrogen-bond acceptors (Lipinski definition) is 3. The van der Waals surface area contributed by atoms with Crippen molar-refractivity contribution in [3.8, 4) is 0 Å². The number of nitrogens with zero attached hydrogens (tertiary/aromatic N) is 1. The Morgan fingerprint density at radius 3 is 2.90 bits per heavy atom. The van der Waals surface area contributed by atoms with Gasteiger partial charge in [-0.1, -0.05) is 30.3 Å². The van der Waals surface area contributed by atoms with E-state index < -0.39 is 0 Å². The molecule has 0 saturated heterocycles. The Kier molecular flexibility index (Phi) is 5.68. The number of carbonyl (C=O) groups excluding carboxylic acids is 1. The van der Waals surface area contributed by atoms with E-state index in [1.54, 1.807) is 24.2 Å². The average molecular weight is 289 g/mol. The van der Waals surface area contributed by atoms with Crippen molar-refractivity contribution in [3.63, 3.8) is 0 Å². The quantitative estimate of drug-likeness (QED) is 0.770. The molecule has 0 saturated carbocycles. The summed E-state index contributed by atoms with van der Waals surface area (Å²) in [6.45, 7) is 1.92. The molecule has 1 aromatic heterocycles. The number of aromatic amines is 1. The van der Waals surface area contributed by atoms with Gasteiger partial charge in [0, 0.05) is 12.4 Å². The Balaban J connectivity index is 1.63. The standard InChI is InChI=1S/C15H19N3OS/c1-12(15-16-8-9-17-15)18-14(19)11-20-10-7-13-5-3-2-4-6-13/h2-6,8-9,12H,7,10-11H2,1H3,(H,16,17)(H,18,19). The summed E-state index contributed by atoms with van der Waals surface area (Å²) in [5.74, 6) is 2.27. The first-order valence-electron chi connectivity index (χ1n) is 6.66. The second kappa shape index (κ2) is 7.75. The average Bonchev–Trinajstić information content (AvgIpc) is 2.99. The fraction of sp³-hybridized carbons (Fsp3) is 0.333. The van der Waals surface area contributed by atoms with E-state index in [1.165, 1.54) is 5.56 Å². The van der Waals surface area contributed by atoms with Crippen molar-refractivity contribution in [2.75, 3.05) is 11.5 Å². The van der Waals surface area contributed by atoms with Gasteiger partial charge in [0.2, 0.25) is 5.91 Å². The first kappa shape index (κ1) is 14.7. The highest BCUT2D eigenvalue weighted by Gasteiger charge is 2.10. The number of thioether (sulfide) groups is 1. The predicted octanol–water partition coefficient (Wildman–Crippen LogP) is 2.56. The minimum absolute atomic E-state index is 0.0481. The third kappa shape index (κ3) is 4.74. The van der Waals surface area contributed by atoms with Crippen LogP contribution < -0.4 is 5.32 Å². The van der Waals surface area contributed by atoms with Crippen LogP contribution in [-0.4, -0.2) is 27.4 Å². The van der Waals surface area contributed by atoms with Crippen molar-refractivity contribution < 1.29 is 4.79 Å². The highest BCUT2D eigenvalue weighted by Crippen LogP contribution is 2.09. The number of rotatable bonds is 7. The fourth-order valence-electron chi connectivity index (χ4n) is 1.87. The van der Waals surface area contributed by atoms with Crippen molar-refractivity contribution in [1.29, 1.82) is 0 Å². The van der Waals surface area contributed by atoms with Crippen molar-refractivity contribution >= 4 is 17.7 Å². The number of H-pyrrole nitrogens is 1. The van der Waals surface area contributed by atoms with Crippen LogP contribution in [-0.2, 0) is 11.2 Å². The minimum Gasteiger partial charge on any atom is -0.347 e. The lowest BCUT2D eigenvalue weighted by Gasteiger charge is -2.11. The molecule has 1 unspecified atom stereocenters. The maximum atomic E-state index is 11.8. The van der Waals surface area contributed by atoms with E-state index in [4.69, 9.17) is 0 Å². The number of carbonyl (C=O) groups is 1. The zero-order valence-electron chi connectivity index (χ0n) is 11.5. The minimum atomic E-state index is -0.0766. The molecule has 0 aliphatic carbocycles. The first-order chi connectivity index (χ1) is 9.75. The molecule has 0 spiro atoms. The van der Waals surface area contributed by atoms with Crippen LogP contribution in [0.15, 0.2) is 42.7 Å². The number of aromatic nitrogens is 2. The third-order valence-electron chi connectivity index (χ3n) is 2.92. The molecule has 0 aliphatic heterocycles. The van der Waals surface area contributed by atoms with Crippen LogP contribution in [0.1, 0.15) is 24.4 Å². The second-order valence-electron chi connectivity index (χ2n) is 4.55. The number of benzene rings is 1. The SMILES string of the molecule is CC(NC(=O)CSCCc1ccccc1)c1ncc[nH]1. The van der Waals surface area contributed by atoms with Crippen LogP contribution in [0.2, 0.25) is 0 Å². The second-order valence-corrected chi connectivity index (χ2v) is 5.66. The van der Waals surface area contributed by atoms with Crippen molar-refractivity contribution in [2.24, 2.45) is 0 Å². The summed E-state index contributed by atoms with van der Waals surface area (Å²) >= 11 is 1.65. The monoisotopic (exact) mass is 289 g/mol. The summed E-state index contributed by atoms with van der Waals surface area (Å²) in [6.07, 6.45) is 4.44. The molecule has 2 rings (SSSR count). The molecule has 1 amide bonds. The van der Waals surface area contributed by atoms with Crippen LogP contribution in [0.5, 0.6) is 0 Å². The van der Waals surface area contributed by atoms with Crippen LogP contribution in [0.4, 0.5) is 0 Å². The van der Waals surface area contributed by atoms with Crippen molar-refractivity contribution in [2.45, 2.75) is 19.4 Å². The van der Waals surface area contributed by atoms with Gasteiger partial charge >= 0.3 is 0 Å². The van der Waals surface area contributed by atoms with E-state index in [-0.39, 0.29) is 11.9 Å². The van der Waals surface area contributed by atoms with E-state index in [0.717, 1.165) is 18.0 Å². The molecule has 0 aliphatic rings. The Hall–Kier alpha value is -1.75. The lowest BCUT2D eigenvalue weighted by molar-refractivity contribution is -0.119. The van der Waals surface area contributed by atoms with Crippen molar-refractivity contribution in [3.05, 3.63) is 54.1 Å². The van der Waals surface area contributed by atoms with E-state index in [9.17, 15) is 4.79 Å². The normalized spacial score (nSPS) is 12.1. The number of aryl methyl sites for hydroxylation is 1. The van der Waals surface area contributed by atoms with Gasteiger partial charge in [-0.05, 0) is 24.7 Å². The van der Waals surface area contributed by atoms with Gasteiger partial charge in [0.05, 0.1) is 11.8 Å². The Bertz CT molecular complexity index is 513. The van der Waals surface area contributed by atoms with E-state index in [0.29, 0.717) is 5.75 Å². The predicted molar refractivity (Wildman–Crippen MR) is 82.6 cm³/mol. The summed E-state index contributed by atoms with van der Waals surface area (Å²) in [6, 6.07) is 10.2. The molecule has 0 bridgehead atoms. The molecule has 1 atom stereocenters. The lowest BCUT2D eigenvalue weighted by atomic mass is 10.2. The molecule has 2 aromatic rings. The highest BCUT2D eigenvalue weighted by molar-refractivity contribution is 7.99. The molecule has 2 N–H and O–H groups in total. The van der Waals surface area contributed by atoms with Crippen LogP contribution in [0.25, 0.3) is 0 Å². The number of nitrogens with one attached hydrogen (secondary N) is 2. The van der Waals surface area contributed by atoms with Gasteiger partial charge in [-0.2, -0.15) is 11.8 Å². The Morgan fingerprint density at radius 1 is 1.40 bits per heavy atom. The molecule has 0 radical (unpaired) electrons. The van der Waals surface area contributed by atoms with Gasteiger partial charge < -0.3 is 10.3 Å². The van der Waals surface area contributed by atoms with Gasteiger partial charge in [0.1, 0.15) is 5.82 Å². The fourth-order valence-corrected chi connectivity index (χ4v) is 2.66. The van der Waals surface area contributed by atoms with E-state index in [2.05, 4.69) is 27.4 Å². The van der Waals surface area contributed by atoms with Crippen LogP contribution >= 0.6 is 11.8 Å². The van der Waals surface area contributed by atoms with Crippen LogP contribution in [0.3, 0.4) is 0 Å². The Labute approximate surface area is 123 Å². The summed E-state index contributed by atoms with van der Waals surface area (Å²) in [7, 11) is 0. The maximum Gasteiger partial charge on any atom is 0.230 e. The summed E-state index contributed by atoms with van der Waals surface area (Å²) in [5, 5.41) is 2.93. The molecule has 0 fully saturated rings. The van der Waals surface area contributed by atoms with Gasteiger partial charge in [-0.3, -0.25) is 4.79 Å². The zero-order valence-corrected chi connectivity index (χ0v) is 12.3. The van der Waals surface area contributed by atoms with Gasteiger partial charge in [0.15, 0.2) is 0 Å². The summed E-state index contributed by atoms with van der Waals surface area (Å²) in [4.78, 5) is 18.9. The smallest absolute Gasteiger partial charge is 0.230 e. The molecular formula is C15H19N3OS. The largest absolute Gasteiger partial charge is 0.347 e. The summed E-state index contributed by atoms with van der Waals surface area (Å²) in [5.41, 5.74) is 1.31.